The molecule has 2 N–H and O–H groups in total. The van der Waals surface area contributed by atoms with Crippen molar-refractivity contribution in [3.05, 3.63) is 11.7 Å². The molecule has 1 aliphatic heterocycles. The van der Waals surface area contributed by atoms with Gasteiger partial charge in [-0.05, 0) is 32.9 Å². The van der Waals surface area contributed by atoms with Crippen LogP contribution in [-0.4, -0.2) is 57.9 Å². The molecule has 1 aromatic heterocycles. The van der Waals surface area contributed by atoms with Crippen LogP contribution >= 0.6 is 0 Å². The molecule has 2 rings (SSSR count). The van der Waals surface area contributed by atoms with Gasteiger partial charge in [-0.3, -0.25) is 14.5 Å². The van der Waals surface area contributed by atoms with Gasteiger partial charge in [0.15, 0.2) is 5.82 Å². The third kappa shape index (κ3) is 4.27. The number of carbonyl (C=O) groups is 2. The van der Waals surface area contributed by atoms with Gasteiger partial charge in [-0.15, -0.1) is 0 Å². The van der Waals surface area contributed by atoms with Gasteiger partial charge in [0.05, 0.1) is 13.1 Å². The van der Waals surface area contributed by atoms with E-state index in [1.54, 1.807) is 11.8 Å². The van der Waals surface area contributed by atoms with E-state index in [-0.39, 0.29) is 24.3 Å². The Labute approximate surface area is 129 Å². The number of nitrogens with zero attached hydrogens (tertiary/aromatic N) is 4. The lowest BCUT2D eigenvalue weighted by Gasteiger charge is -2.33. The van der Waals surface area contributed by atoms with Crippen LogP contribution in [0.4, 0.5) is 0 Å². The second kappa shape index (κ2) is 7.35. The maximum Gasteiger partial charge on any atom is 0.231 e. The summed E-state index contributed by atoms with van der Waals surface area (Å²) >= 11 is 0. The molecule has 0 bridgehead atoms. The van der Waals surface area contributed by atoms with Crippen molar-refractivity contribution in [2.75, 3.05) is 26.2 Å². The summed E-state index contributed by atoms with van der Waals surface area (Å²) in [6.07, 6.45) is 1.49. The third-order valence-electron chi connectivity index (χ3n) is 3.91. The number of nitrogens with two attached hydrogens (primary N) is 1. The Hall–Kier alpha value is -1.96. The van der Waals surface area contributed by atoms with Crippen LogP contribution < -0.4 is 5.73 Å². The molecule has 0 unspecified atom stereocenters. The molecule has 0 spiro atoms. The molecular weight excluding hydrogens is 286 g/mol. The van der Waals surface area contributed by atoms with Crippen molar-refractivity contribution in [1.29, 1.82) is 0 Å². The van der Waals surface area contributed by atoms with Gasteiger partial charge in [0.1, 0.15) is 0 Å². The molecule has 0 aliphatic carbocycles. The molecule has 0 aromatic carbocycles. The molecule has 122 valence electrons. The largest absolute Gasteiger partial charge is 0.369 e. The van der Waals surface area contributed by atoms with Crippen LogP contribution in [0.25, 0.3) is 0 Å². The number of aryl methyl sites for hydroxylation is 1. The van der Waals surface area contributed by atoms with Gasteiger partial charge in [0, 0.05) is 19.4 Å². The standard InChI is InChI=1S/C14H23N5O3/c1-3-19(9-13-16-10(2)22-17-13)14(21)11-4-6-18(7-5-11)8-12(15)20/h11H,3-9H2,1-2H3,(H2,15,20). The summed E-state index contributed by atoms with van der Waals surface area (Å²) in [5, 5.41) is 3.84. The molecule has 1 aliphatic rings. The van der Waals surface area contributed by atoms with Crippen molar-refractivity contribution in [3.8, 4) is 0 Å². The summed E-state index contributed by atoms with van der Waals surface area (Å²) in [5.41, 5.74) is 5.20. The summed E-state index contributed by atoms with van der Waals surface area (Å²) in [6.45, 7) is 6.34. The first-order valence-corrected chi connectivity index (χ1v) is 7.58. The van der Waals surface area contributed by atoms with Gasteiger partial charge in [0.2, 0.25) is 17.7 Å². The van der Waals surface area contributed by atoms with Crippen LogP contribution in [-0.2, 0) is 16.1 Å². The Bertz CT molecular complexity index is 522. The lowest BCUT2D eigenvalue weighted by atomic mass is 9.95. The lowest BCUT2D eigenvalue weighted by molar-refractivity contribution is -0.137. The molecule has 0 radical (unpaired) electrons. The molecule has 8 heteroatoms. The second-order valence-electron chi connectivity index (χ2n) is 5.60. The van der Waals surface area contributed by atoms with E-state index < -0.39 is 0 Å². The molecular formula is C14H23N5O3. The summed E-state index contributed by atoms with van der Waals surface area (Å²) in [6, 6.07) is 0. The van der Waals surface area contributed by atoms with Gasteiger partial charge in [0.25, 0.3) is 0 Å². The topological polar surface area (TPSA) is 106 Å². The van der Waals surface area contributed by atoms with Crippen LogP contribution in [0, 0.1) is 12.8 Å². The average molecular weight is 309 g/mol. The first kappa shape index (κ1) is 16.4. The Kier molecular flexibility index (Phi) is 5.48. The molecule has 8 nitrogen and oxygen atoms in total. The maximum atomic E-state index is 12.6. The maximum absolute atomic E-state index is 12.6. The molecule has 2 heterocycles. The van der Waals surface area contributed by atoms with E-state index >= 15 is 0 Å². The second-order valence-corrected chi connectivity index (χ2v) is 5.60. The zero-order valence-corrected chi connectivity index (χ0v) is 13.1. The molecule has 1 aromatic rings. The fourth-order valence-electron chi connectivity index (χ4n) is 2.74. The van der Waals surface area contributed by atoms with Crippen molar-refractivity contribution < 1.29 is 14.1 Å². The van der Waals surface area contributed by atoms with E-state index in [1.165, 1.54) is 0 Å². The zero-order valence-electron chi connectivity index (χ0n) is 13.1. The minimum absolute atomic E-state index is 0.0166. The monoisotopic (exact) mass is 309 g/mol. The summed E-state index contributed by atoms with van der Waals surface area (Å²) in [7, 11) is 0. The third-order valence-corrected chi connectivity index (χ3v) is 3.91. The van der Waals surface area contributed by atoms with Crippen molar-refractivity contribution in [3.63, 3.8) is 0 Å². The van der Waals surface area contributed by atoms with Crippen LogP contribution in [0.3, 0.4) is 0 Å². The van der Waals surface area contributed by atoms with Crippen LogP contribution in [0.15, 0.2) is 4.52 Å². The molecule has 22 heavy (non-hydrogen) atoms. The van der Waals surface area contributed by atoms with Crippen molar-refractivity contribution in [2.45, 2.75) is 33.2 Å². The number of piperidine rings is 1. The number of hydrogen-bond donors (Lipinski definition) is 1. The first-order valence-electron chi connectivity index (χ1n) is 7.58. The molecule has 1 fully saturated rings. The molecule has 0 saturated carbocycles. The average Bonchev–Trinajstić information content (AvgIpc) is 2.89. The van der Waals surface area contributed by atoms with Gasteiger partial charge in [-0.25, -0.2) is 0 Å². The van der Waals surface area contributed by atoms with Gasteiger partial charge >= 0.3 is 0 Å². The minimum Gasteiger partial charge on any atom is -0.369 e. The Balaban J connectivity index is 1.88. The predicted octanol–water partition coefficient (Wildman–Crippen LogP) is -0.0762. The SMILES string of the molecule is CCN(Cc1noc(C)n1)C(=O)C1CCN(CC(N)=O)CC1. The number of likely N-dealkylation sites (tertiary alicyclic amines) is 1. The number of rotatable bonds is 6. The highest BCUT2D eigenvalue weighted by Crippen LogP contribution is 2.20. The highest BCUT2D eigenvalue weighted by molar-refractivity contribution is 5.79. The van der Waals surface area contributed by atoms with Crippen molar-refractivity contribution >= 4 is 11.8 Å². The quantitative estimate of drug-likeness (QED) is 0.788. The van der Waals surface area contributed by atoms with Gasteiger partial charge < -0.3 is 15.2 Å². The highest BCUT2D eigenvalue weighted by atomic mass is 16.5. The van der Waals surface area contributed by atoms with Crippen molar-refractivity contribution in [1.82, 2.24) is 19.9 Å². The number of aromatic nitrogens is 2. The van der Waals surface area contributed by atoms with Gasteiger partial charge in [-0.2, -0.15) is 4.98 Å². The minimum atomic E-state index is -0.326. The fraction of sp³-hybridized carbons (Fsp3) is 0.714. The van der Waals surface area contributed by atoms with Crippen LogP contribution in [0.1, 0.15) is 31.5 Å². The molecule has 2 amide bonds. The van der Waals surface area contributed by atoms with E-state index in [1.807, 2.05) is 11.8 Å². The Morgan fingerprint density at radius 3 is 2.59 bits per heavy atom. The first-order chi connectivity index (χ1) is 10.5. The Morgan fingerprint density at radius 1 is 1.41 bits per heavy atom. The van der Waals surface area contributed by atoms with E-state index in [4.69, 9.17) is 10.3 Å². The highest BCUT2D eigenvalue weighted by Gasteiger charge is 2.29. The molecule has 1 saturated heterocycles. The van der Waals surface area contributed by atoms with Crippen LogP contribution in [0.2, 0.25) is 0 Å². The fourth-order valence-corrected chi connectivity index (χ4v) is 2.74. The lowest BCUT2D eigenvalue weighted by Crippen LogP contribution is -2.44. The van der Waals surface area contributed by atoms with E-state index in [0.717, 1.165) is 25.9 Å². The normalized spacial score (nSPS) is 16.6. The summed E-state index contributed by atoms with van der Waals surface area (Å²) in [4.78, 5) is 31.4. The summed E-state index contributed by atoms with van der Waals surface area (Å²) < 4.78 is 4.94. The smallest absolute Gasteiger partial charge is 0.231 e. The van der Waals surface area contributed by atoms with Gasteiger partial charge in [-0.1, -0.05) is 5.16 Å². The number of carbonyl (C=O) groups excluding carboxylic acids is 2. The van der Waals surface area contributed by atoms with Crippen molar-refractivity contribution in [2.24, 2.45) is 11.7 Å². The van der Waals surface area contributed by atoms with E-state index in [2.05, 4.69) is 10.1 Å². The number of amides is 2. The zero-order chi connectivity index (χ0) is 16.1. The predicted molar refractivity (Wildman–Crippen MR) is 78.5 cm³/mol. The summed E-state index contributed by atoms with van der Waals surface area (Å²) in [5.74, 6) is 0.797. The molecule has 0 atom stereocenters. The Morgan fingerprint density at radius 2 is 2.09 bits per heavy atom. The van der Waals surface area contributed by atoms with E-state index in [9.17, 15) is 9.59 Å². The number of primary amides is 1. The number of hydrogen-bond acceptors (Lipinski definition) is 6. The van der Waals surface area contributed by atoms with Crippen LogP contribution in [0.5, 0.6) is 0 Å². The van der Waals surface area contributed by atoms with E-state index in [0.29, 0.717) is 24.8 Å².